The number of aryl methyl sites for hydroxylation is 1. The van der Waals surface area contributed by atoms with Gasteiger partial charge in [-0.1, -0.05) is 17.4 Å². The number of hydrogen-bond donors (Lipinski definition) is 0. The molecule has 0 unspecified atom stereocenters. The highest BCUT2D eigenvalue weighted by Gasteiger charge is 2.34. The highest BCUT2D eigenvalue weighted by atomic mass is 32.1. The fraction of sp³-hybridized carbons (Fsp3) is 0.281. The summed E-state index contributed by atoms with van der Waals surface area (Å²) in [6.45, 7) is 7.97. The number of carbonyl (C=O) groups is 1. The number of rotatable bonds is 6. The molecule has 10 heteroatoms. The molecule has 2 aromatic heterocycles. The average molecular weight is 585 g/mol. The lowest BCUT2D eigenvalue weighted by atomic mass is 9.95. The van der Waals surface area contributed by atoms with E-state index in [0.717, 1.165) is 28.3 Å². The molecule has 216 valence electrons. The van der Waals surface area contributed by atoms with Crippen molar-refractivity contribution >= 4 is 29.1 Å². The molecule has 0 N–H and O–H groups in total. The van der Waals surface area contributed by atoms with Crippen molar-refractivity contribution in [1.29, 1.82) is 0 Å². The molecule has 4 aromatic rings. The van der Waals surface area contributed by atoms with Crippen molar-refractivity contribution in [2.75, 3.05) is 32.4 Å². The van der Waals surface area contributed by atoms with E-state index in [1.54, 1.807) is 24.5 Å². The maximum Gasteiger partial charge on any atom is 0.338 e. The predicted molar refractivity (Wildman–Crippen MR) is 163 cm³/mol. The fourth-order valence-corrected chi connectivity index (χ4v) is 6.60. The minimum absolute atomic E-state index is 0.124. The molecule has 0 spiro atoms. The molecule has 0 bridgehead atoms. The third-order valence-corrected chi connectivity index (χ3v) is 8.59. The second kappa shape index (κ2) is 10.7. The SMILES string of the molecule is CCOC(=O)C1=C(C)N=c2s/c(=C/c3cc(C)n(-c4ccc(N(C)C)cc4)c3C)c(=O)n2[C@@H]1c1ccc2c(c1)OCO2. The Morgan fingerprint density at radius 3 is 2.55 bits per heavy atom. The van der Waals surface area contributed by atoms with Crippen molar-refractivity contribution in [2.24, 2.45) is 4.99 Å². The van der Waals surface area contributed by atoms with Gasteiger partial charge >= 0.3 is 5.97 Å². The lowest BCUT2D eigenvalue weighted by Crippen LogP contribution is -2.39. The first-order valence-corrected chi connectivity index (χ1v) is 14.6. The van der Waals surface area contributed by atoms with E-state index < -0.39 is 12.0 Å². The molecule has 0 fully saturated rings. The Kier molecular flexibility index (Phi) is 7.02. The molecule has 9 nitrogen and oxygen atoms in total. The maximum atomic E-state index is 14.1. The number of thiazole rings is 1. The van der Waals surface area contributed by atoms with Crippen LogP contribution in [0.25, 0.3) is 11.8 Å². The molecular formula is C32H32N4O5S. The Balaban J connectivity index is 1.49. The summed E-state index contributed by atoms with van der Waals surface area (Å²) in [6.07, 6.45) is 1.91. The maximum absolute atomic E-state index is 14.1. The van der Waals surface area contributed by atoms with Crippen LogP contribution >= 0.6 is 11.3 Å². The molecule has 0 radical (unpaired) electrons. The minimum atomic E-state index is -0.723. The molecule has 0 amide bonds. The van der Waals surface area contributed by atoms with Crippen molar-refractivity contribution in [3.05, 3.63) is 102 Å². The highest BCUT2D eigenvalue weighted by molar-refractivity contribution is 7.07. The number of benzene rings is 2. The zero-order valence-corrected chi connectivity index (χ0v) is 25.2. The van der Waals surface area contributed by atoms with Gasteiger partial charge in [-0.05, 0) is 87.4 Å². The normalized spacial score (nSPS) is 16.0. The van der Waals surface area contributed by atoms with Gasteiger partial charge in [-0.3, -0.25) is 9.36 Å². The number of carbonyl (C=O) groups excluding carboxylic acids is 1. The largest absolute Gasteiger partial charge is 0.463 e. The van der Waals surface area contributed by atoms with Crippen LogP contribution < -0.4 is 29.3 Å². The molecule has 6 rings (SSSR count). The van der Waals surface area contributed by atoms with Gasteiger partial charge in [0.1, 0.15) is 0 Å². The molecule has 0 saturated carbocycles. The van der Waals surface area contributed by atoms with Gasteiger partial charge in [-0.2, -0.15) is 0 Å². The first-order chi connectivity index (χ1) is 20.2. The third-order valence-electron chi connectivity index (χ3n) is 7.61. The Labute approximate surface area is 247 Å². The quantitative estimate of drug-likeness (QED) is 0.319. The number of allylic oxidation sites excluding steroid dienone is 1. The topological polar surface area (TPSA) is 87.3 Å². The predicted octanol–water partition coefficient (Wildman–Crippen LogP) is 4.00. The third kappa shape index (κ3) is 4.61. The number of nitrogens with zero attached hydrogens (tertiary/aromatic N) is 4. The molecule has 42 heavy (non-hydrogen) atoms. The van der Waals surface area contributed by atoms with Gasteiger partial charge in [-0.25, -0.2) is 9.79 Å². The van der Waals surface area contributed by atoms with Gasteiger partial charge in [0.25, 0.3) is 5.56 Å². The van der Waals surface area contributed by atoms with Crippen molar-refractivity contribution < 1.29 is 19.0 Å². The van der Waals surface area contributed by atoms with Crippen molar-refractivity contribution in [3.63, 3.8) is 0 Å². The summed E-state index contributed by atoms with van der Waals surface area (Å²) in [7, 11) is 4.03. The molecule has 2 aliphatic rings. The van der Waals surface area contributed by atoms with Crippen LogP contribution in [0.1, 0.15) is 42.4 Å². The second-order valence-electron chi connectivity index (χ2n) is 10.5. The van der Waals surface area contributed by atoms with Crippen LogP contribution in [-0.4, -0.2) is 42.6 Å². The molecule has 0 saturated heterocycles. The van der Waals surface area contributed by atoms with E-state index in [1.807, 2.05) is 39.2 Å². The van der Waals surface area contributed by atoms with Gasteiger partial charge in [0.2, 0.25) is 6.79 Å². The molecule has 1 atom stereocenters. The van der Waals surface area contributed by atoms with Crippen LogP contribution in [-0.2, 0) is 9.53 Å². The lowest BCUT2D eigenvalue weighted by molar-refractivity contribution is -0.139. The summed E-state index contributed by atoms with van der Waals surface area (Å²) in [5.74, 6) is 0.689. The van der Waals surface area contributed by atoms with E-state index in [1.165, 1.54) is 11.3 Å². The van der Waals surface area contributed by atoms with E-state index in [0.29, 0.717) is 37.7 Å². The van der Waals surface area contributed by atoms with Crippen molar-refractivity contribution in [1.82, 2.24) is 9.13 Å². The van der Waals surface area contributed by atoms with Crippen LogP contribution in [0.2, 0.25) is 0 Å². The van der Waals surface area contributed by atoms with Gasteiger partial charge in [-0.15, -0.1) is 0 Å². The Morgan fingerprint density at radius 1 is 1.10 bits per heavy atom. The van der Waals surface area contributed by atoms with Gasteiger partial charge < -0.3 is 23.7 Å². The molecule has 0 aliphatic carbocycles. The van der Waals surface area contributed by atoms with Crippen molar-refractivity contribution in [2.45, 2.75) is 33.7 Å². The molecular weight excluding hydrogens is 552 g/mol. The fourth-order valence-electron chi connectivity index (χ4n) is 5.56. The summed E-state index contributed by atoms with van der Waals surface area (Å²) in [5.41, 5.74) is 6.52. The number of aromatic nitrogens is 2. The van der Waals surface area contributed by atoms with E-state index in [2.05, 4.69) is 46.7 Å². The summed E-state index contributed by atoms with van der Waals surface area (Å²) in [5, 5.41) is 0. The summed E-state index contributed by atoms with van der Waals surface area (Å²) in [6, 6.07) is 15.2. The number of ether oxygens (including phenoxy) is 3. The average Bonchev–Trinajstić information content (AvgIpc) is 3.63. The van der Waals surface area contributed by atoms with Gasteiger partial charge in [0.15, 0.2) is 16.3 Å². The Bertz CT molecular complexity index is 1930. The van der Waals surface area contributed by atoms with Crippen LogP contribution in [0, 0.1) is 13.8 Å². The highest BCUT2D eigenvalue weighted by Crippen LogP contribution is 2.38. The number of hydrogen-bond acceptors (Lipinski definition) is 8. The van der Waals surface area contributed by atoms with Crippen molar-refractivity contribution in [3.8, 4) is 17.2 Å². The molecule has 4 heterocycles. The summed E-state index contributed by atoms with van der Waals surface area (Å²) < 4.78 is 20.8. The zero-order valence-electron chi connectivity index (χ0n) is 24.4. The van der Waals surface area contributed by atoms with E-state index in [-0.39, 0.29) is 19.0 Å². The van der Waals surface area contributed by atoms with Crippen LogP contribution in [0.4, 0.5) is 5.69 Å². The molecule has 2 aromatic carbocycles. The smallest absolute Gasteiger partial charge is 0.338 e. The van der Waals surface area contributed by atoms with Crippen LogP contribution in [0.15, 0.2) is 69.6 Å². The van der Waals surface area contributed by atoms with E-state index >= 15 is 0 Å². The Hall–Kier alpha value is -4.57. The van der Waals surface area contributed by atoms with Crippen LogP contribution in [0.5, 0.6) is 11.5 Å². The van der Waals surface area contributed by atoms with Gasteiger partial charge in [0.05, 0.1) is 28.5 Å². The summed E-state index contributed by atoms with van der Waals surface area (Å²) in [4.78, 5) is 34.6. The number of esters is 1. The Morgan fingerprint density at radius 2 is 1.83 bits per heavy atom. The number of fused-ring (bicyclic) bond motifs is 2. The second-order valence-corrected chi connectivity index (χ2v) is 11.5. The zero-order chi connectivity index (χ0) is 29.7. The lowest BCUT2D eigenvalue weighted by Gasteiger charge is -2.24. The van der Waals surface area contributed by atoms with E-state index in [9.17, 15) is 9.59 Å². The van der Waals surface area contributed by atoms with E-state index in [4.69, 9.17) is 19.2 Å². The first kappa shape index (κ1) is 27.6. The summed E-state index contributed by atoms with van der Waals surface area (Å²) >= 11 is 1.31. The minimum Gasteiger partial charge on any atom is -0.463 e. The number of anilines is 1. The van der Waals surface area contributed by atoms with Crippen LogP contribution in [0.3, 0.4) is 0 Å². The first-order valence-electron chi connectivity index (χ1n) is 13.7. The molecule has 2 aliphatic heterocycles. The monoisotopic (exact) mass is 584 g/mol. The standard InChI is InChI=1S/C32H32N4O5S/c1-7-39-31(38)28-19(3)33-32-36(29(28)21-8-13-25-26(15-21)41-17-40-25)30(37)27(42-32)16-22-14-18(2)35(20(22)4)24-11-9-23(10-12-24)34(5)6/h8-16,29H,7,17H2,1-6H3/b27-16+/t29-/m1/s1. The van der Waals surface area contributed by atoms with Gasteiger partial charge in [0, 0.05) is 36.9 Å².